The van der Waals surface area contributed by atoms with Crippen LogP contribution in [-0.2, 0) is 0 Å². The molecular formula is C14H16N2OS. The van der Waals surface area contributed by atoms with Crippen molar-refractivity contribution in [1.29, 1.82) is 0 Å². The van der Waals surface area contributed by atoms with Crippen molar-refractivity contribution in [2.24, 2.45) is 5.92 Å². The molecule has 1 aromatic heterocycles. The molecule has 3 rings (SSSR count). The second-order valence-corrected chi connectivity index (χ2v) is 5.90. The summed E-state index contributed by atoms with van der Waals surface area (Å²) in [4.78, 5) is 18.6. The minimum absolute atomic E-state index is 0.164. The highest BCUT2D eigenvalue weighted by Crippen LogP contribution is 2.22. The number of fused-ring (bicyclic) bond motifs is 1. The molecule has 1 aliphatic rings. The molecule has 1 aromatic carbocycles. The van der Waals surface area contributed by atoms with E-state index in [1.54, 1.807) is 11.3 Å². The van der Waals surface area contributed by atoms with Crippen LogP contribution in [0, 0.1) is 5.92 Å². The van der Waals surface area contributed by atoms with E-state index < -0.39 is 0 Å². The Morgan fingerprint density at radius 1 is 1.39 bits per heavy atom. The largest absolute Gasteiger partial charge is 0.339 e. The minimum atomic E-state index is 0.164. The summed E-state index contributed by atoms with van der Waals surface area (Å²) in [6.45, 7) is 4.03. The molecule has 0 bridgehead atoms. The lowest BCUT2D eigenvalue weighted by Crippen LogP contribution is -2.37. The number of nitrogens with zero attached hydrogens (tertiary/aromatic N) is 2. The Balaban J connectivity index is 1.82. The predicted molar refractivity (Wildman–Crippen MR) is 73.9 cm³/mol. The monoisotopic (exact) mass is 260 g/mol. The number of hydrogen-bond acceptors (Lipinski definition) is 3. The van der Waals surface area contributed by atoms with E-state index >= 15 is 0 Å². The zero-order chi connectivity index (χ0) is 12.5. The number of aromatic nitrogens is 1. The van der Waals surface area contributed by atoms with Crippen molar-refractivity contribution in [3.63, 3.8) is 0 Å². The minimum Gasteiger partial charge on any atom is -0.339 e. The Morgan fingerprint density at radius 3 is 2.94 bits per heavy atom. The van der Waals surface area contributed by atoms with E-state index in [0.29, 0.717) is 0 Å². The summed E-state index contributed by atoms with van der Waals surface area (Å²) in [6, 6.07) is 5.79. The summed E-state index contributed by atoms with van der Waals surface area (Å²) in [6.07, 6.45) is 2.24. The normalized spacial score (nSPS) is 17.3. The lowest BCUT2D eigenvalue weighted by molar-refractivity contribution is 0.0697. The van der Waals surface area contributed by atoms with Crippen molar-refractivity contribution in [3.8, 4) is 0 Å². The van der Waals surface area contributed by atoms with E-state index in [4.69, 9.17) is 0 Å². The number of carbonyl (C=O) groups is 1. The van der Waals surface area contributed by atoms with Gasteiger partial charge >= 0.3 is 0 Å². The predicted octanol–water partition coefficient (Wildman–Crippen LogP) is 3.17. The van der Waals surface area contributed by atoms with Crippen LogP contribution in [0.2, 0.25) is 0 Å². The fourth-order valence-electron chi connectivity index (χ4n) is 2.38. The van der Waals surface area contributed by atoms with Crippen molar-refractivity contribution in [2.45, 2.75) is 19.8 Å². The maximum atomic E-state index is 12.4. The highest BCUT2D eigenvalue weighted by atomic mass is 32.1. The van der Waals surface area contributed by atoms with Gasteiger partial charge in [-0.05, 0) is 37.0 Å². The van der Waals surface area contributed by atoms with Gasteiger partial charge in [0, 0.05) is 18.7 Å². The molecule has 1 aliphatic heterocycles. The third kappa shape index (κ3) is 2.12. The summed E-state index contributed by atoms with van der Waals surface area (Å²) < 4.78 is 1.09. The molecule has 0 radical (unpaired) electrons. The van der Waals surface area contributed by atoms with Crippen molar-refractivity contribution < 1.29 is 4.79 Å². The first-order valence-electron chi connectivity index (χ1n) is 6.36. The Bertz CT molecular complexity index is 570. The summed E-state index contributed by atoms with van der Waals surface area (Å²) in [7, 11) is 0. The maximum Gasteiger partial charge on any atom is 0.253 e. The van der Waals surface area contributed by atoms with E-state index in [-0.39, 0.29) is 5.91 Å². The fraction of sp³-hybridized carbons (Fsp3) is 0.429. The standard InChI is InChI=1S/C14H16N2OS/c1-10-4-6-16(7-5-10)14(17)11-2-3-12-13(8-11)18-9-15-12/h2-3,8-10H,4-7H2,1H3. The van der Waals surface area contributed by atoms with Gasteiger partial charge in [-0.2, -0.15) is 0 Å². The topological polar surface area (TPSA) is 33.2 Å². The molecule has 0 aliphatic carbocycles. The Hall–Kier alpha value is -1.42. The second kappa shape index (κ2) is 4.69. The molecule has 18 heavy (non-hydrogen) atoms. The SMILES string of the molecule is CC1CCN(C(=O)c2ccc3ncsc3c2)CC1. The number of likely N-dealkylation sites (tertiary alicyclic amines) is 1. The Morgan fingerprint density at radius 2 is 2.17 bits per heavy atom. The van der Waals surface area contributed by atoms with Gasteiger partial charge in [0.25, 0.3) is 5.91 Å². The number of benzene rings is 1. The highest BCUT2D eigenvalue weighted by molar-refractivity contribution is 7.16. The van der Waals surface area contributed by atoms with Gasteiger partial charge in [-0.3, -0.25) is 4.79 Å². The van der Waals surface area contributed by atoms with Gasteiger partial charge in [-0.25, -0.2) is 4.98 Å². The van der Waals surface area contributed by atoms with Crippen LogP contribution in [0.5, 0.6) is 0 Å². The third-order valence-electron chi connectivity index (χ3n) is 3.65. The van der Waals surface area contributed by atoms with Crippen molar-refractivity contribution in [2.75, 3.05) is 13.1 Å². The van der Waals surface area contributed by atoms with Gasteiger partial charge in [0.2, 0.25) is 0 Å². The van der Waals surface area contributed by atoms with Crippen LogP contribution in [0.3, 0.4) is 0 Å². The molecule has 0 spiro atoms. The average Bonchev–Trinajstić information content (AvgIpc) is 2.86. The van der Waals surface area contributed by atoms with Crippen LogP contribution in [-0.4, -0.2) is 28.9 Å². The van der Waals surface area contributed by atoms with Gasteiger partial charge in [0.05, 0.1) is 15.7 Å². The molecule has 1 amide bonds. The summed E-state index contributed by atoms with van der Waals surface area (Å²) in [5, 5.41) is 0. The van der Waals surface area contributed by atoms with Crippen LogP contribution in [0.1, 0.15) is 30.1 Å². The zero-order valence-corrected chi connectivity index (χ0v) is 11.2. The molecule has 0 saturated carbocycles. The first-order chi connectivity index (χ1) is 8.74. The quantitative estimate of drug-likeness (QED) is 0.789. The zero-order valence-electron chi connectivity index (χ0n) is 10.4. The van der Waals surface area contributed by atoms with Crippen molar-refractivity contribution in [3.05, 3.63) is 29.3 Å². The molecule has 2 heterocycles. The molecule has 4 heteroatoms. The van der Waals surface area contributed by atoms with Gasteiger partial charge < -0.3 is 4.90 Å². The summed E-state index contributed by atoms with van der Waals surface area (Å²) >= 11 is 1.58. The lowest BCUT2D eigenvalue weighted by Gasteiger charge is -2.30. The van der Waals surface area contributed by atoms with E-state index in [2.05, 4.69) is 11.9 Å². The van der Waals surface area contributed by atoms with E-state index in [0.717, 1.165) is 47.6 Å². The highest BCUT2D eigenvalue weighted by Gasteiger charge is 2.21. The number of piperidine rings is 1. The van der Waals surface area contributed by atoms with Crippen LogP contribution in [0.25, 0.3) is 10.2 Å². The lowest BCUT2D eigenvalue weighted by atomic mass is 9.98. The molecule has 94 valence electrons. The van der Waals surface area contributed by atoms with Crippen molar-refractivity contribution in [1.82, 2.24) is 9.88 Å². The van der Waals surface area contributed by atoms with Crippen LogP contribution >= 0.6 is 11.3 Å². The third-order valence-corrected chi connectivity index (χ3v) is 4.44. The molecule has 0 N–H and O–H groups in total. The molecule has 1 fully saturated rings. The average molecular weight is 260 g/mol. The molecular weight excluding hydrogens is 244 g/mol. The first kappa shape index (κ1) is 11.7. The van der Waals surface area contributed by atoms with Gasteiger partial charge in [-0.1, -0.05) is 6.92 Å². The van der Waals surface area contributed by atoms with Gasteiger partial charge in [0.1, 0.15) is 0 Å². The van der Waals surface area contributed by atoms with E-state index in [1.807, 2.05) is 28.6 Å². The summed E-state index contributed by atoms with van der Waals surface area (Å²) in [5.74, 6) is 0.912. The number of carbonyl (C=O) groups excluding carboxylic acids is 1. The smallest absolute Gasteiger partial charge is 0.253 e. The maximum absolute atomic E-state index is 12.4. The number of thiazole rings is 1. The number of hydrogen-bond donors (Lipinski definition) is 0. The second-order valence-electron chi connectivity index (χ2n) is 5.01. The van der Waals surface area contributed by atoms with E-state index in [1.165, 1.54) is 0 Å². The van der Waals surface area contributed by atoms with Gasteiger partial charge in [0.15, 0.2) is 0 Å². The summed E-state index contributed by atoms with van der Waals surface area (Å²) in [5.41, 5.74) is 3.59. The molecule has 2 aromatic rings. The van der Waals surface area contributed by atoms with E-state index in [9.17, 15) is 4.79 Å². The molecule has 3 nitrogen and oxygen atoms in total. The van der Waals surface area contributed by atoms with Gasteiger partial charge in [-0.15, -0.1) is 11.3 Å². The number of rotatable bonds is 1. The number of amides is 1. The van der Waals surface area contributed by atoms with Crippen LogP contribution in [0.4, 0.5) is 0 Å². The molecule has 0 atom stereocenters. The van der Waals surface area contributed by atoms with Crippen molar-refractivity contribution >= 4 is 27.5 Å². The first-order valence-corrected chi connectivity index (χ1v) is 7.24. The Labute approximate surface area is 110 Å². The van der Waals surface area contributed by atoms with Crippen LogP contribution < -0.4 is 0 Å². The molecule has 1 saturated heterocycles. The van der Waals surface area contributed by atoms with Crippen LogP contribution in [0.15, 0.2) is 23.7 Å². The molecule has 0 unspecified atom stereocenters. The Kier molecular flexibility index (Phi) is 3.04. The fourth-order valence-corrected chi connectivity index (χ4v) is 3.10.